The number of likely N-dealkylation sites (tertiary alicyclic amines) is 1. The SMILES string of the molecule is Cc1c([C@@H](O)CN2CC[C@@H](N)[C@H](F)C2)ccc2c1COC2O. The number of aliphatic hydroxyl groups excluding tert-OH is 2. The molecule has 0 aliphatic carbocycles. The van der Waals surface area contributed by atoms with Crippen molar-refractivity contribution in [1.82, 2.24) is 4.90 Å². The van der Waals surface area contributed by atoms with Crippen LogP contribution in [0.15, 0.2) is 12.1 Å². The van der Waals surface area contributed by atoms with Gasteiger partial charge in [-0.1, -0.05) is 12.1 Å². The van der Waals surface area contributed by atoms with Crippen molar-refractivity contribution in [2.24, 2.45) is 5.73 Å². The van der Waals surface area contributed by atoms with Gasteiger partial charge in [-0.3, -0.25) is 4.90 Å². The van der Waals surface area contributed by atoms with Crippen molar-refractivity contribution in [2.45, 2.75) is 44.6 Å². The second kappa shape index (κ2) is 6.22. The van der Waals surface area contributed by atoms with Gasteiger partial charge in [-0.05, 0) is 36.6 Å². The van der Waals surface area contributed by atoms with Crippen LogP contribution in [-0.4, -0.2) is 47.0 Å². The van der Waals surface area contributed by atoms with Crippen molar-refractivity contribution in [3.63, 3.8) is 0 Å². The third-order valence-electron chi connectivity index (χ3n) is 4.79. The molecule has 0 spiro atoms. The lowest BCUT2D eigenvalue weighted by Gasteiger charge is -2.34. The minimum absolute atomic E-state index is 0.268. The van der Waals surface area contributed by atoms with Gasteiger partial charge < -0.3 is 20.7 Å². The van der Waals surface area contributed by atoms with Crippen molar-refractivity contribution in [1.29, 1.82) is 0 Å². The molecule has 1 saturated heterocycles. The first-order chi connectivity index (χ1) is 10.5. The third kappa shape index (κ3) is 2.89. The molecule has 2 aliphatic rings. The van der Waals surface area contributed by atoms with Crippen molar-refractivity contribution < 1.29 is 19.3 Å². The number of fused-ring (bicyclic) bond motifs is 1. The molecule has 1 unspecified atom stereocenters. The van der Waals surface area contributed by atoms with E-state index >= 15 is 0 Å². The number of piperidine rings is 1. The van der Waals surface area contributed by atoms with Gasteiger partial charge in [-0.25, -0.2) is 4.39 Å². The van der Waals surface area contributed by atoms with Crippen LogP contribution in [-0.2, 0) is 11.3 Å². The fraction of sp³-hybridized carbons (Fsp3) is 0.625. The van der Waals surface area contributed by atoms with E-state index in [4.69, 9.17) is 10.5 Å². The Labute approximate surface area is 129 Å². The van der Waals surface area contributed by atoms with Crippen LogP contribution >= 0.6 is 0 Å². The van der Waals surface area contributed by atoms with Crippen LogP contribution in [0.3, 0.4) is 0 Å². The van der Waals surface area contributed by atoms with Gasteiger partial charge >= 0.3 is 0 Å². The molecular weight excluding hydrogens is 287 g/mol. The number of nitrogens with zero attached hydrogens (tertiary/aromatic N) is 1. The number of hydrogen-bond acceptors (Lipinski definition) is 5. The van der Waals surface area contributed by atoms with E-state index < -0.39 is 24.6 Å². The van der Waals surface area contributed by atoms with Crippen LogP contribution in [0.1, 0.15) is 41.1 Å². The number of ether oxygens (including phenoxy) is 1. The molecular formula is C16H23FN2O3. The zero-order valence-corrected chi connectivity index (χ0v) is 12.7. The number of benzene rings is 1. The van der Waals surface area contributed by atoms with E-state index in [2.05, 4.69) is 0 Å². The van der Waals surface area contributed by atoms with Crippen LogP contribution < -0.4 is 5.73 Å². The predicted molar refractivity (Wildman–Crippen MR) is 79.8 cm³/mol. The average molecular weight is 310 g/mol. The molecule has 0 amide bonds. The average Bonchev–Trinajstić information content (AvgIpc) is 2.86. The molecule has 6 heteroatoms. The molecule has 5 nitrogen and oxygen atoms in total. The van der Waals surface area contributed by atoms with E-state index in [1.54, 1.807) is 6.07 Å². The largest absolute Gasteiger partial charge is 0.387 e. The highest BCUT2D eigenvalue weighted by molar-refractivity contribution is 5.43. The Bertz CT molecular complexity index is 554. The summed E-state index contributed by atoms with van der Waals surface area (Å²) < 4.78 is 18.9. The summed E-state index contributed by atoms with van der Waals surface area (Å²) in [6.07, 6.45) is -2.00. The number of halogens is 1. The molecule has 0 bridgehead atoms. The third-order valence-corrected chi connectivity index (χ3v) is 4.79. The maximum Gasteiger partial charge on any atom is 0.181 e. The first-order valence-corrected chi connectivity index (χ1v) is 7.69. The van der Waals surface area contributed by atoms with Crippen LogP contribution in [0.5, 0.6) is 0 Å². The lowest BCUT2D eigenvalue weighted by molar-refractivity contribution is -0.0918. The number of β-amino-alcohol motifs (C(OH)–C–C–N with tert-alkyl or cyclic N) is 1. The van der Waals surface area contributed by atoms with Crippen LogP contribution in [0.25, 0.3) is 0 Å². The maximum absolute atomic E-state index is 13.7. The zero-order chi connectivity index (χ0) is 15.9. The van der Waals surface area contributed by atoms with Crippen molar-refractivity contribution in [2.75, 3.05) is 19.6 Å². The van der Waals surface area contributed by atoms with Crippen LogP contribution in [0, 0.1) is 6.92 Å². The smallest absolute Gasteiger partial charge is 0.181 e. The summed E-state index contributed by atoms with van der Waals surface area (Å²) in [5.74, 6) is 0. The molecule has 4 atom stereocenters. The van der Waals surface area contributed by atoms with Gasteiger partial charge in [0.15, 0.2) is 6.29 Å². The van der Waals surface area contributed by atoms with Gasteiger partial charge in [0.05, 0.1) is 12.7 Å². The normalized spacial score (nSPS) is 30.3. The monoisotopic (exact) mass is 310 g/mol. The van der Waals surface area contributed by atoms with Crippen molar-refractivity contribution >= 4 is 0 Å². The fourth-order valence-corrected chi connectivity index (χ4v) is 3.33. The van der Waals surface area contributed by atoms with E-state index in [9.17, 15) is 14.6 Å². The summed E-state index contributed by atoms with van der Waals surface area (Å²) in [5.41, 5.74) is 9.13. The van der Waals surface area contributed by atoms with E-state index in [1.165, 1.54) is 0 Å². The highest BCUT2D eigenvalue weighted by atomic mass is 19.1. The minimum Gasteiger partial charge on any atom is -0.387 e. The lowest BCUT2D eigenvalue weighted by atomic mass is 9.94. The van der Waals surface area contributed by atoms with E-state index in [1.807, 2.05) is 17.9 Å². The van der Waals surface area contributed by atoms with Crippen LogP contribution in [0.4, 0.5) is 4.39 Å². The molecule has 1 aromatic rings. The fourth-order valence-electron chi connectivity index (χ4n) is 3.33. The molecule has 4 N–H and O–H groups in total. The van der Waals surface area contributed by atoms with Gasteiger partial charge in [0.2, 0.25) is 0 Å². The van der Waals surface area contributed by atoms with Gasteiger partial charge in [-0.2, -0.15) is 0 Å². The molecule has 2 heterocycles. The summed E-state index contributed by atoms with van der Waals surface area (Å²) in [6, 6.07) is 3.22. The molecule has 0 aromatic heterocycles. The molecule has 1 aromatic carbocycles. The Balaban J connectivity index is 1.72. The number of rotatable bonds is 3. The number of nitrogens with two attached hydrogens (primary N) is 1. The Morgan fingerprint density at radius 1 is 1.50 bits per heavy atom. The van der Waals surface area contributed by atoms with Gasteiger partial charge in [0.25, 0.3) is 0 Å². The van der Waals surface area contributed by atoms with E-state index in [-0.39, 0.29) is 6.54 Å². The number of hydrogen-bond donors (Lipinski definition) is 3. The number of aliphatic hydroxyl groups is 2. The maximum atomic E-state index is 13.7. The summed E-state index contributed by atoms with van der Waals surface area (Å²) in [6.45, 7) is 3.63. The minimum atomic E-state index is -1.04. The Hall–Kier alpha value is -1.05. The Morgan fingerprint density at radius 2 is 2.27 bits per heavy atom. The second-order valence-corrected chi connectivity index (χ2v) is 6.25. The summed E-state index contributed by atoms with van der Waals surface area (Å²) in [5, 5.41) is 20.2. The highest BCUT2D eigenvalue weighted by Gasteiger charge is 2.29. The molecule has 0 saturated carbocycles. The van der Waals surface area contributed by atoms with Gasteiger partial charge in [0.1, 0.15) is 6.17 Å². The van der Waals surface area contributed by atoms with Crippen LogP contribution in [0.2, 0.25) is 0 Å². The van der Waals surface area contributed by atoms with Crippen molar-refractivity contribution in [3.05, 3.63) is 34.4 Å². The zero-order valence-electron chi connectivity index (χ0n) is 12.7. The molecule has 22 heavy (non-hydrogen) atoms. The molecule has 1 fully saturated rings. The molecule has 122 valence electrons. The van der Waals surface area contributed by atoms with Crippen molar-refractivity contribution in [3.8, 4) is 0 Å². The summed E-state index contributed by atoms with van der Waals surface area (Å²) in [7, 11) is 0. The quantitative estimate of drug-likeness (QED) is 0.774. The topological polar surface area (TPSA) is 79.0 Å². The standard InChI is InChI=1S/C16H23FN2O3/c1-9-10(2-3-11-12(9)8-22-16(11)21)15(20)7-19-5-4-14(18)13(17)6-19/h2-3,13-16,20-21H,4-8,18H2,1H3/t13-,14-,15+,16?/m1/s1. The van der Waals surface area contributed by atoms with Gasteiger partial charge in [-0.15, -0.1) is 0 Å². The summed E-state index contributed by atoms with van der Waals surface area (Å²) in [4.78, 5) is 1.91. The lowest BCUT2D eigenvalue weighted by Crippen LogP contribution is -2.49. The second-order valence-electron chi connectivity index (χ2n) is 6.25. The Kier molecular flexibility index (Phi) is 4.47. The summed E-state index contributed by atoms with van der Waals surface area (Å²) >= 11 is 0. The molecule has 3 rings (SSSR count). The molecule has 2 aliphatic heterocycles. The first-order valence-electron chi connectivity index (χ1n) is 7.69. The highest BCUT2D eigenvalue weighted by Crippen LogP contribution is 2.34. The van der Waals surface area contributed by atoms with E-state index in [0.29, 0.717) is 26.1 Å². The number of alkyl halides is 1. The van der Waals surface area contributed by atoms with Gasteiger partial charge in [0, 0.05) is 24.7 Å². The predicted octanol–water partition coefficient (Wildman–Crippen LogP) is 0.921. The Morgan fingerprint density at radius 3 is 3.00 bits per heavy atom. The molecule has 0 radical (unpaired) electrons. The first kappa shape index (κ1) is 15.8. The van der Waals surface area contributed by atoms with E-state index in [0.717, 1.165) is 22.3 Å².